The number of carbonyl (C=O) groups excluding carboxylic acids is 1. The molecule has 2 amide bonds. The van der Waals surface area contributed by atoms with Gasteiger partial charge in [0.1, 0.15) is 11.0 Å². The third kappa shape index (κ3) is 3.15. The number of rotatable bonds is 4. The summed E-state index contributed by atoms with van der Waals surface area (Å²) in [5.41, 5.74) is 2.74. The molecule has 7 rings (SSSR count). The molecular formula is C23H31ClN8O. The maximum atomic E-state index is 12.9. The van der Waals surface area contributed by atoms with E-state index in [2.05, 4.69) is 20.2 Å². The number of H-pyrrole nitrogens is 1. The van der Waals surface area contributed by atoms with Gasteiger partial charge in [0.05, 0.1) is 5.69 Å². The van der Waals surface area contributed by atoms with Crippen LogP contribution >= 0.6 is 11.6 Å². The van der Waals surface area contributed by atoms with Crippen molar-refractivity contribution in [2.75, 3.05) is 39.3 Å². The first kappa shape index (κ1) is 20.3. The van der Waals surface area contributed by atoms with E-state index in [4.69, 9.17) is 16.6 Å². The Bertz CT molecular complexity index is 1110. The molecule has 0 aromatic carbocycles. The van der Waals surface area contributed by atoms with Crippen molar-refractivity contribution in [2.24, 2.45) is 17.9 Å². The monoisotopic (exact) mass is 470 g/mol. The lowest BCUT2D eigenvalue weighted by Gasteiger charge is -2.63. The van der Waals surface area contributed by atoms with Crippen LogP contribution in [0.4, 0.5) is 4.79 Å². The van der Waals surface area contributed by atoms with Crippen LogP contribution in [0.5, 0.6) is 0 Å². The van der Waals surface area contributed by atoms with Gasteiger partial charge in [0.25, 0.3) is 0 Å². The van der Waals surface area contributed by atoms with Crippen LogP contribution in [0, 0.1) is 17.8 Å². The van der Waals surface area contributed by atoms with Gasteiger partial charge in [-0.2, -0.15) is 10.2 Å². The van der Waals surface area contributed by atoms with Crippen molar-refractivity contribution in [2.45, 2.75) is 51.0 Å². The van der Waals surface area contributed by atoms with Crippen molar-refractivity contribution >= 4 is 17.6 Å². The van der Waals surface area contributed by atoms with Crippen molar-refractivity contribution in [3.8, 4) is 0 Å². The van der Waals surface area contributed by atoms with Gasteiger partial charge in [-0.15, -0.1) is 0 Å². The zero-order valence-corrected chi connectivity index (χ0v) is 20.1. The zero-order valence-electron chi connectivity index (χ0n) is 19.3. The number of nitrogens with zero attached hydrogens (tertiary/aromatic N) is 7. The van der Waals surface area contributed by atoms with Crippen LogP contribution < -0.4 is 0 Å². The Morgan fingerprint density at radius 1 is 1.06 bits per heavy atom. The molecule has 2 aromatic heterocycles. The topological polar surface area (TPSA) is 86.2 Å². The van der Waals surface area contributed by atoms with E-state index in [0.29, 0.717) is 17.3 Å². The van der Waals surface area contributed by atoms with Crippen molar-refractivity contribution in [3.63, 3.8) is 0 Å². The number of aromatic nitrogens is 5. The summed E-state index contributed by atoms with van der Waals surface area (Å²) < 4.78 is 1.74. The fraction of sp³-hybridized carbons (Fsp3) is 0.739. The van der Waals surface area contributed by atoms with E-state index in [1.165, 1.54) is 12.8 Å². The average molecular weight is 471 g/mol. The maximum absolute atomic E-state index is 12.9. The van der Waals surface area contributed by atoms with E-state index in [0.717, 1.165) is 86.7 Å². The summed E-state index contributed by atoms with van der Waals surface area (Å²) in [5, 5.41) is 12.7. The van der Waals surface area contributed by atoms with Gasteiger partial charge in [-0.1, -0.05) is 11.6 Å². The second kappa shape index (κ2) is 6.72. The Labute approximate surface area is 198 Å². The average Bonchev–Trinajstić information content (AvgIpc) is 3.35. The number of carbonyl (C=O) groups is 1. The molecule has 2 saturated carbocycles. The molecule has 5 aliphatic rings. The molecular weight excluding hydrogens is 440 g/mol. The molecule has 0 bridgehead atoms. The molecule has 33 heavy (non-hydrogen) atoms. The SMILES string of the molecule is Cc1nn(C)c(Cl)c1CN1CC2(C1)CN(C(=O)N1CC3(CC(c4nc(C5CC5)n[nH]4)C3)C1)C2. The number of aryl methyl sites for hydroxylation is 2. The molecule has 2 spiro atoms. The Morgan fingerprint density at radius 2 is 1.73 bits per heavy atom. The van der Waals surface area contributed by atoms with Crippen LogP contribution in [0.25, 0.3) is 0 Å². The van der Waals surface area contributed by atoms with Crippen molar-refractivity contribution in [1.29, 1.82) is 0 Å². The van der Waals surface area contributed by atoms with Gasteiger partial charge in [-0.25, -0.2) is 9.78 Å². The number of urea groups is 1. The minimum Gasteiger partial charge on any atom is -0.323 e. The Balaban J connectivity index is 0.862. The molecule has 2 aliphatic carbocycles. The summed E-state index contributed by atoms with van der Waals surface area (Å²) in [6.07, 6.45) is 4.73. The number of amides is 2. The van der Waals surface area contributed by atoms with E-state index < -0.39 is 0 Å². The number of likely N-dealkylation sites (tertiary alicyclic amines) is 3. The number of hydrogen-bond acceptors (Lipinski definition) is 5. The van der Waals surface area contributed by atoms with Gasteiger partial charge in [0, 0.05) is 81.1 Å². The smallest absolute Gasteiger partial charge is 0.320 e. The molecule has 3 saturated heterocycles. The first-order valence-electron chi connectivity index (χ1n) is 12.2. The summed E-state index contributed by atoms with van der Waals surface area (Å²) in [7, 11) is 1.88. The Hall–Kier alpha value is -2.13. The highest BCUT2D eigenvalue weighted by Gasteiger charge is 2.58. The summed E-state index contributed by atoms with van der Waals surface area (Å²) >= 11 is 6.39. The first-order valence-corrected chi connectivity index (χ1v) is 12.6. The fourth-order valence-electron chi connectivity index (χ4n) is 6.72. The Kier molecular flexibility index (Phi) is 4.13. The van der Waals surface area contributed by atoms with Crippen LogP contribution in [-0.2, 0) is 13.6 Å². The van der Waals surface area contributed by atoms with E-state index in [1.54, 1.807) is 4.68 Å². The van der Waals surface area contributed by atoms with Crippen molar-refractivity contribution < 1.29 is 4.79 Å². The quantitative estimate of drug-likeness (QED) is 0.742. The summed E-state index contributed by atoms with van der Waals surface area (Å²) in [4.78, 5) is 24.2. The zero-order chi connectivity index (χ0) is 22.5. The van der Waals surface area contributed by atoms with E-state index >= 15 is 0 Å². The summed E-state index contributed by atoms with van der Waals surface area (Å²) in [6, 6.07) is 0.231. The molecule has 5 fully saturated rings. The van der Waals surface area contributed by atoms with Gasteiger partial charge < -0.3 is 9.80 Å². The van der Waals surface area contributed by atoms with Gasteiger partial charge in [-0.3, -0.25) is 14.7 Å². The highest BCUT2D eigenvalue weighted by molar-refractivity contribution is 6.30. The molecule has 10 heteroatoms. The maximum Gasteiger partial charge on any atom is 0.320 e. The number of hydrogen-bond donors (Lipinski definition) is 1. The third-order valence-electron chi connectivity index (χ3n) is 8.62. The molecule has 0 radical (unpaired) electrons. The molecule has 9 nitrogen and oxygen atoms in total. The lowest BCUT2D eigenvalue weighted by molar-refractivity contribution is -0.116. The number of halogens is 1. The lowest BCUT2D eigenvalue weighted by Crippen LogP contribution is -2.75. The van der Waals surface area contributed by atoms with Crippen molar-refractivity contribution in [3.05, 3.63) is 28.1 Å². The van der Waals surface area contributed by atoms with E-state index in [1.807, 2.05) is 23.8 Å². The predicted octanol–water partition coefficient (Wildman–Crippen LogP) is 2.49. The lowest BCUT2D eigenvalue weighted by atomic mass is 9.57. The van der Waals surface area contributed by atoms with Crippen LogP contribution in [0.1, 0.15) is 60.4 Å². The normalized spacial score (nSPS) is 25.7. The minimum absolute atomic E-state index is 0.231. The van der Waals surface area contributed by atoms with Gasteiger partial charge in [-0.05, 0) is 32.6 Å². The summed E-state index contributed by atoms with van der Waals surface area (Å²) in [5.74, 6) is 3.17. The van der Waals surface area contributed by atoms with Crippen LogP contribution in [0.15, 0.2) is 0 Å². The summed E-state index contributed by atoms with van der Waals surface area (Å²) in [6.45, 7) is 8.51. The van der Waals surface area contributed by atoms with E-state index in [-0.39, 0.29) is 11.4 Å². The standard InChI is InChI=1S/C23H31ClN8O/c1-14-17(18(24)29(2)28-14)7-30-8-23(9-30)12-32(13-23)21(33)31-10-22(11-31)5-16(6-22)20-25-19(26-27-20)15-3-4-15/h15-16H,3-13H2,1-2H3,(H,25,26,27). The predicted molar refractivity (Wildman–Crippen MR) is 122 cm³/mol. The molecule has 2 aromatic rings. The molecule has 0 unspecified atom stereocenters. The minimum atomic E-state index is 0.231. The highest BCUT2D eigenvalue weighted by Crippen LogP contribution is 2.56. The Morgan fingerprint density at radius 3 is 2.33 bits per heavy atom. The molecule has 176 valence electrons. The molecule has 0 atom stereocenters. The molecule has 3 aliphatic heterocycles. The van der Waals surface area contributed by atoms with Gasteiger partial charge in [0.2, 0.25) is 0 Å². The number of aromatic amines is 1. The van der Waals surface area contributed by atoms with Crippen LogP contribution in [0.2, 0.25) is 5.15 Å². The van der Waals surface area contributed by atoms with Crippen molar-refractivity contribution in [1.82, 2.24) is 39.7 Å². The molecule has 1 N–H and O–H groups in total. The van der Waals surface area contributed by atoms with Crippen LogP contribution in [0.3, 0.4) is 0 Å². The second-order valence-electron chi connectivity index (χ2n) is 11.6. The third-order valence-corrected chi connectivity index (χ3v) is 9.10. The highest BCUT2D eigenvalue weighted by atomic mass is 35.5. The van der Waals surface area contributed by atoms with Gasteiger partial charge in [0.15, 0.2) is 5.82 Å². The molecule has 5 heterocycles. The van der Waals surface area contributed by atoms with Gasteiger partial charge >= 0.3 is 6.03 Å². The van der Waals surface area contributed by atoms with E-state index in [9.17, 15) is 4.79 Å². The number of nitrogens with one attached hydrogen (secondary N) is 1. The largest absolute Gasteiger partial charge is 0.323 e. The first-order chi connectivity index (χ1) is 15.8. The fourth-order valence-corrected chi connectivity index (χ4v) is 6.95. The van der Waals surface area contributed by atoms with Crippen LogP contribution in [-0.4, -0.2) is 85.0 Å². The second-order valence-corrected chi connectivity index (χ2v) is 11.9.